The summed E-state index contributed by atoms with van der Waals surface area (Å²) in [5.41, 5.74) is 2.01. The van der Waals surface area contributed by atoms with Crippen molar-refractivity contribution in [3.63, 3.8) is 0 Å². The third-order valence-corrected chi connectivity index (χ3v) is 4.13. The SMILES string of the molecule is CCNC(=NCc1cccc(OC)c1)NCc1cc(OC)c(OC)cc1OC. The van der Waals surface area contributed by atoms with Gasteiger partial charge in [-0.15, -0.1) is 0 Å². The second kappa shape index (κ2) is 10.9. The summed E-state index contributed by atoms with van der Waals surface area (Å²) in [6.45, 7) is 3.84. The minimum Gasteiger partial charge on any atom is -0.497 e. The maximum Gasteiger partial charge on any atom is 0.191 e. The van der Waals surface area contributed by atoms with Crippen LogP contribution in [-0.4, -0.2) is 40.9 Å². The molecular formula is C21H29N3O4. The second-order valence-electron chi connectivity index (χ2n) is 5.92. The molecule has 0 saturated carbocycles. The molecule has 7 nitrogen and oxygen atoms in total. The lowest BCUT2D eigenvalue weighted by Crippen LogP contribution is -2.36. The highest BCUT2D eigenvalue weighted by atomic mass is 16.5. The van der Waals surface area contributed by atoms with Crippen LogP contribution in [0.15, 0.2) is 41.4 Å². The number of nitrogens with zero attached hydrogens (tertiary/aromatic N) is 1. The van der Waals surface area contributed by atoms with Gasteiger partial charge in [0.25, 0.3) is 0 Å². The summed E-state index contributed by atoms with van der Waals surface area (Å²) in [5, 5.41) is 6.58. The van der Waals surface area contributed by atoms with E-state index in [1.54, 1.807) is 28.4 Å². The number of hydrogen-bond acceptors (Lipinski definition) is 5. The Balaban J connectivity index is 2.14. The molecule has 0 heterocycles. The maximum absolute atomic E-state index is 5.48. The van der Waals surface area contributed by atoms with Crippen LogP contribution in [0.5, 0.6) is 23.0 Å². The van der Waals surface area contributed by atoms with E-state index in [0.717, 1.165) is 23.4 Å². The highest BCUT2D eigenvalue weighted by Gasteiger charge is 2.12. The molecule has 0 aliphatic heterocycles. The zero-order chi connectivity index (χ0) is 20.4. The number of nitrogens with one attached hydrogen (secondary N) is 2. The van der Waals surface area contributed by atoms with Gasteiger partial charge in [0.05, 0.1) is 35.0 Å². The molecule has 0 atom stereocenters. The lowest BCUT2D eigenvalue weighted by molar-refractivity contribution is 0.347. The van der Waals surface area contributed by atoms with Crippen molar-refractivity contribution < 1.29 is 18.9 Å². The van der Waals surface area contributed by atoms with Crippen molar-refractivity contribution in [2.75, 3.05) is 35.0 Å². The van der Waals surface area contributed by atoms with Crippen LogP contribution in [0, 0.1) is 0 Å². The Morgan fingerprint density at radius 1 is 0.857 bits per heavy atom. The summed E-state index contributed by atoms with van der Waals surface area (Å²) in [6.07, 6.45) is 0. The Morgan fingerprint density at radius 3 is 2.21 bits per heavy atom. The molecule has 28 heavy (non-hydrogen) atoms. The van der Waals surface area contributed by atoms with Gasteiger partial charge < -0.3 is 29.6 Å². The number of ether oxygens (including phenoxy) is 4. The fourth-order valence-electron chi connectivity index (χ4n) is 2.69. The average molecular weight is 387 g/mol. The molecule has 0 saturated heterocycles. The first kappa shape index (κ1) is 21.2. The smallest absolute Gasteiger partial charge is 0.191 e. The lowest BCUT2D eigenvalue weighted by atomic mass is 10.1. The molecule has 2 rings (SSSR count). The van der Waals surface area contributed by atoms with Gasteiger partial charge >= 0.3 is 0 Å². The van der Waals surface area contributed by atoms with Crippen LogP contribution >= 0.6 is 0 Å². The van der Waals surface area contributed by atoms with Crippen LogP contribution in [0.4, 0.5) is 0 Å². The van der Waals surface area contributed by atoms with E-state index in [9.17, 15) is 0 Å². The highest BCUT2D eigenvalue weighted by molar-refractivity contribution is 5.79. The van der Waals surface area contributed by atoms with Crippen molar-refractivity contribution in [3.8, 4) is 23.0 Å². The summed E-state index contributed by atoms with van der Waals surface area (Å²) in [7, 11) is 6.50. The molecule has 0 aliphatic rings. The number of rotatable bonds is 9. The Kier molecular flexibility index (Phi) is 8.27. The maximum atomic E-state index is 5.48. The number of hydrogen-bond donors (Lipinski definition) is 2. The predicted molar refractivity (Wildman–Crippen MR) is 111 cm³/mol. The number of aliphatic imine (C=N–C) groups is 1. The van der Waals surface area contributed by atoms with Crippen LogP contribution < -0.4 is 29.6 Å². The molecular weight excluding hydrogens is 358 g/mol. The summed E-state index contributed by atoms with van der Waals surface area (Å²) < 4.78 is 21.5. The van der Waals surface area contributed by atoms with Crippen molar-refractivity contribution >= 4 is 5.96 Å². The zero-order valence-corrected chi connectivity index (χ0v) is 17.2. The monoisotopic (exact) mass is 387 g/mol. The molecule has 2 aromatic rings. The molecule has 0 radical (unpaired) electrons. The first-order valence-electron chi connectivity index (χ1n) is 9.09. The van der Waals surface area contributed by atoms with Gasteiger partial charge in [-0.25, -0.2) is 4.99 Å². The third-order valence-electron chi connectivity index (χ3n) is 4.13. The lowest BCUT2D eigenvalue weighted by Gasteiger charge is -2.16. The van der Waals surface area contributed by atoms with Crippen molar-refractivity contribution in [2.24, 2.45) is 4.99 Å². The molecule has 0 unspecified atom stereocenters. The molecule has 2 aromatic carbocycles. The van der Waals surface area contributed by atoms with Crippen LogP contribution in [0.2, 0.25) is 0 Å². The van der Waals surface area contributed by atoms with E-state index in [0.29, 0.717) is 36.3 Å². The van der Waals surface area contributed by atoms with E-state index in [1.165, 1.54) is 0 Å². The van der Waals surface area contributed by atoms with E-state index < -0.39 is 0 Å². The number of methoxy groups -OCH3 is 4. The van der Waals surface area contributed by atoms with E-state index in [1.807, 2.05) is 43.3 Å². The summed E-state index contributed by atoms with van der Waals surface area (Å²) >= 11 is 0. The van der Waals surface area contributed by atoms with Crippen molar-refractivity contribution in [3.05, 3.63) is 47.5 Å². The van der Waals surface area contributed by atoms with Gasteiger partial charge in [0.1, 0.15) is 11.5 Å². The Labute approximate surface area is 166 Å². The molecule has 0 fully saturated rings. The predicted octanol–water partition coefficient (Wildman–Crippen LogP) is 2.98. The zero-order valence-electron chi connectivity index (χ0n) is 17.2. The minimum absolute atomic E-state index is 0.521. The van der Waals surface area contributed by atoms with Crippen molar-refractivity contribution in [2.45, 2.75) is 20.0 Å². The highest BCUT2D eigenvalue weighted by Crippen LogP contribution is 2.34. The first-order valence-corrected chi connectivity index (χ1v) is 9.09. The molecule has 0 aliphatic carbocycles. The fourth-order valence-corrected chi connectivity index (χ4v) is 2.69. The molecule has 2 N–H and O–H groups in total. The Hall–Kier alpha value is -3.09. The summed E-state index contributed by atoms with van der Waals surface area (Å²) in [5.74, 6) is 3.52. The average Bonchev–Trinajstić information content (AvgIpc) is 2.75. The molecule has 152 valence electrons. The normalized spacial score (nSPS) is 11.0. The minimum atomic E-state index is 0.521. The van der Waals surface area contributed by atoms with Crippen LogP contribution in [-0.2, 0) is 13.1 Å². The van der Waals surface area contributed by atoms with Crippen molar-refractivity contribution in [1.82, 2.24) is 10.6 Å². The van der Waals surface area contributed by atoms with Gasteiger partial charge in [0.15, 0.2) is 17.5 Å². The van der Waals surface area contributed by atoms with Gasteiger partial charge in [0, 0.05) is 24.7 Å². The quantitative estimate of drug-likeness (QED) is 0.509. The summed E-state index contributed by atoms with van der Waals surface area (Å²) in [4.78, 5) is 4.65. The summed E-state index contributed by atoms with van der Waals surface area (Å²) in [6, 6.07) is 11.6. The molecule has 0 aromatic heterocycles. The molecule has 0 amide bonds. The molecule has 0 bridgehead atoms. The second-order valence-corrected chi connectivity index (χ2v) is 5.92. The number of benzene rings is 2. The topological polar surface area (TPSA) is 73.3 Å². The largest absolute Gasteiger partial charge is 0.497 e. The third kappa shape index (κ3) is 5.70. The molecule has 0 spiro atoms. The standard InChI is InChI=1S/C21H29N3O4/c1-6-22-21(23-13-15-8-7-9-17(10-15)25-2)24-14-16-11-19(27-4)20(28-5)12-18(16)26-3/h7-12H,6,13-14H2,1-5H3,(H2,22,23,24). The molecule has 7 heteroatoms. The van der Waals surface area contributed by atoms with Crippen LogP contribution in [0.1, 0.15) is 18.1 Å². The Morgan fingerprint density at radius 2 is 1.57 bits per heavy atom. The fraction of sp³-hybridized carbons (Fsp3) is 0.381. The van der Waals surface area contributed by atoms with Gasteiger partial charge in [-0.05, 0) is 30.7 Å². The van der Waals surface area contributed by atoms with Crippen molar-refractivity contribution in [1.29, 1.82) is 0 Å². The first-order chi connectivity index (χ1) is 13.6. The van der Waals surface area contributed by atoms with Crippen LogP contribution in [0.3, 0.4) is 0 Å². The van der Waals surface area contributed by atoms with E-state index in [4.69, 9.17) is 18.9 Å². The number of guanidine groups is 1. The van der Waals surface area contributed by atoms with Gasteiger partial charge in [-0.1, -0.05) is 12.1 Å². The van der Waals surface area contributed by atoms with E-state index in [-0.39, 0.29) is 0 Å². The van der Waals surface area contributed by atoms with E-state index in [2.05, 4.69) is 15.6 Å². The van der Waals surface area contributed by atoms with Gasteiger partial charge in [-0.2, -0.15) is 0 Å². The Bertz CT molecular complexity index is 793. The van der Waals surface area contributed by atoms with Gasteiger partial charge in [-0.3, -0.25) is 0 Å². The van der Waals surface area contributed by atoms with Crippen LogP contribution in [0.25, 0.3) is 0 Å². The van der Waals surface area contributed by atoms with Gasteiger partial charge in [0.2, 0.25) is 0 Å². The van der Waals surface area contributed by atoms with E-state index >= 15 is 0 Å².